The summed E-state index contributed by atoms with van der Waals surface area (Å²) in [6, 6.07) is 26.3. The van der Waals surface area contributed by atoms with Gasteiger partial charge in [-0.25, -0.2) is 4.79 Å². The first kappa shape index (κ1) is 23.8. The molecule has 1 heterocycles. The van der Waals surface area contributed by atoms with E-state index in [2.05, 4.69) is 29.6 Å². The molecule has 0 saturated heterocycles. The van der Waals surface area contributed by atoms with Crippen molar-refractivity contribution in [3.8, 4) is 0 Å². The number of fused-ring (bicyclic) bond motifs is 4. The maximum Gasteiger partial charge on any atom is 0.337 e. The zero-order valence-electron chi connectivity index (χ0n) is 19.6. The molecule has 186 valence electrons. The number of para-hydroxylation sites is 2. The number of thioether (sulfide) groups is 1. The molecule has 0 spiro atoms. The number of aromatic carboxylic acids is 1. The van der Waals surface area contributed by atoms with E-state index in [0.29, 0.717) is 10.6 Å². The quantitative estimate of drug-likeness (QED) is 0.158. The molecule has 5 unspecified atom stereocenters. The Hall–Kier alpha value is -3.55. The van der Waals surface area contributed by atoms with Crippen LogP contribution >= 0.6 is 23.4 Å². The summed E-state index contributed by atoms with van der Waals surface area (Å²) >= 11 is 8.65. The molecule has 1 saturated carbocycles. The van der Waals surface area contributed by atoms with Crippen molar-refractivity contribution in [3.05, 3.63) is 112 Å². The van der Waals surface area contributed by atoms with Crippen molar-refractivity contribution in [2.45, 2.75) is 33.9 Å². The number of carbonyl (C=O) groups is 1. The van der Waals surface area contributed by atoms with Crippen LogP contribution in [0.1, 0.15) is 39.9 Å². The molecule has 0 radical (unpaired) electrons. The van der Waals surface area contributed by atoms with Gasteiger partial charge in [0.05, 0.1) is 32.5 Å². The van der Waals surface area contributed by atoms with Crippen molar-refractivity contribution in [2.75, 3.05) is 5.32 Å². The van der Waals surface area contributed by atoms with E-state index in [0.717, 1.165) is 28.3 Å². The minimum atomic E-state index is -0.991. The lowest BCUT2D eigenvalue weighted by atomic mass is 9.75. The maximum atomic E-state index is 12.2. The predicted molar refractivity (Wildman–Crippen MR) is 147 cm³/mol. The molecule has 8 heteroatoms. The molecule has 2 aliphatic rings. The Kier molecular flexibility index (Phi) is 6.05. The van der Waals surface area contributed by atoms with E-state index in [-0.39, 0.29) is 44.7 Å². The fraction of sp³-hybridized carbons (Fsp3) is 0.207. The van der Waals surface area contributed by atoms with Gasteiger partial charge < -0.3 is 10.4 Å². The van der Waals surface area contributed by atoms with Crippen LogP contribution in [-0.4, -0.2) is 26.6 Å². The highest BCUT2D eigenvalue weighted by molar-refractivity contribution is 8.00. The van der Waals surface area contributed by atoms with Gasteiger partial charge in [0.2, 0.25) is 0 Å². The van der Waals surface area contributed by atoms with E-state index in [9.17, 15) is 20.0 Å². The zero-order chi connectivity index (χ0) is 25.7. The molecule has 4 aromatic carbocycles. The second-order valence-corrected chi connectivity index (χ2v) is 11.3. The summed E-state index contributed by atoms with van der Waals surface area (Å²) < 4.78 is 0. The molecule has 4 aromatic rings. The minimum Gasteiger partial charge on any atom is -0.478 e. The Labute approximate surface area is 222 Å². The van der Waals surface area contributed by atoms with Gasteiger partial charge in [-0.1, -0.05) is 66.7 Å². The summed E-state index contributed by atoms with van der Waals surface area (Å²) in [6.45, 7) is 0. The van der Waals surface area contributed by atoms with Gasteiger partial charge in [0.1, 0.15) is 0 Å². The van der Waals surface area contributed by atoms with Gasteiger partial charge in [-0.2, -0.15) is 0 Å². The van der Waals surface area contributed by atoms with Crippen LogP contribution in [0, 0.1) is 16.0 Å². The van der Waals surface area contributed by atoms with E-state index >= 15 is 0 Å². The number of nitrogens with one attached hydrogen (secondary N) is 1. The lowest BCUT2D eigenvalue weighted by Gasteiger charge is -2.39. The smallest absolute Gasteiger partial charge is 0.337 e. The summed E-state index contributed by atoms with van der Waals surface area (Å²) in [5.41, 5.74) is 2.89. The van der Waals surface area contributed by atoms with Gasteiger partial charge in [0.25, 0.3) is 5.69 Å². The molecular formula is C29H23ClN2O4S. The fourth-order valence-electron chi connectivity index (χ4n) is 6.02. The topological polar surface area (TPSA) is 92.5 Å². The third-order valence-electron chi connectivity index (χ3n) is 7.58. The van der Waals surface area contributed by atoms with Crippen LogP contribution in [0.15, 0.2) is 89.8 Å². The summed E-state index contributed by atoms with van der Waals surface area (Å²) in [5, 5.41) is 27.0. The van der Waals surface area contributed by atoms with E-state index in [1.807, 2.05) is 24.3 Å². The average Bonchev–Trinajstić information content (AvgIpc) is 3.23. The Balaban J connectivity index is 1.47. The van der Waals surface area contributed by atoms with E-state index in [4.69, 9.17) is 11.6 Å². The maximum absolute atomic E-state index is 12.2. The number of carboxylic acid groups (broad SMARTS) is 1. The first-order chi connectivity index (χ1) is 17.9. The number of rotatable bonds is 5. The van der Waals surface area contributed by atoms with Gasteiger partial charge in [0, 0.05) is 17.2 Å². The minimum absolute atomic E-state index is 0.0727. The third kappa shape index (κ3) is 4.03. The number of nitro benzene ring substituents is 1. The van der Waals surface area contributed by atoms with Crippen LogP contribution in [0.4, 0.5) is 11.4 Å². The molecule has 0 bridgehead atoms. The Morgan fingerprint density at radius 3 is 2.49 bits per heavy atom. The summed E-state index contributed by atoms with van der Waals surface area (Å²) in [5.74, 6) is -1.03. The summed E-state index contributed by atoms with van der Waals surface area (Å²) in [4.78, 5) is 24.1. The highest BCUT2D eigenvalue weighted by atomic mass is 35.5. The molecule has 1 fully saturated rings. The van der Waals surface area contributed by atoms with Crippen LogP contribution in [-0.2, 0) is 0 Å². The normalized spacial score (nSPS) is 24.2. The Morgan fingerprint density at radius 1 is 0.973 bits per heavy atom. The van der Waals surface area contributed by atoms with Crippen molar-refractivity contribution in [1.29, 1.82) is 0 Å². The van der Waals surface area contributed by atoms with Crippen molar-refractivity contribution in [1.82, 2.24) is 0 Å². The van der Waals surface area contributed by atoms with Gasteiger partial charge in [-0.3, -0.25) is 10.1 Å². The number of nitrogens with zero attached hydrogens (tertiary/aromatic N) is 1. The first-order valence-electron chi connectivity index (χ1n) is 12.1. The van der Waals surface area contributed by atoms with Crippen LogP contribution < -0.4 is 5.32 Å². The molecule has 37 heavy (non-hydrogen) atoms. The van der Waals surface area contributed by atoms with Gasteiger partial charge in [-0.05, 0) is 46.4 Å². The van der Waals surface area contributed by atoms with Crippen molar-refractivity contribution >= 4 is 51.5 Å². The zero-order valence-corrected chi connectivity index (χ0v) is 21.2. The van der Waals surface area contributed by atoms with Crippen molar-refractivity contribution < 1.29 is 14.8 Å². The van der Waals surface area contributed by atoms with Crippen LogP contribution in [0.2, 0.25) is 0 Å². The van der Waals surface area contributed by atoms with E-state index < -0.39 is 5.97 Å². The Morgan fingerprint density at radius 2 is 1.68 bits per heavy atom. The second-order valence-electron chi connectivity index (χ2n) is 9.52. The fourth-order valence-corrected chi connectivity index (χ4v) is 7.97. The highest BCUT2D eigenvalue weighted by Crippen LogP contribution is 2.59. The van der Waals surface area contributed by atoms with Crippen LogP contribution in [0.3, 0.4) is 0 Å². The van der Waals surface area contributed by atoms with Gasteiger partial charge in [-0.15, -0.1) is 23.4 Å². The van der Waals surface area contributed by atoms with Crippen LogP contribution in [0.25, 0.3) is 10.8 Å². The van der Waals surface area contributed by atoms with Crippen LogP contribution in [0.5, 0.6) is 0 Å². The van der Waals surface area contributed by atoms with Gasteiger partial charge in [0.15, 0.2) is 0 Å². The SMILES string of the molecule is O=C(O)c1cccc2c1NC(c1cccc3ccccc13)C1CC(Sc3ccccc3[N+](=O)[O-])C(Cl)C21. The molecule has 6 rings (SSSR count). The van der Waals surface area contributed by atoms with Crippen molar-refractivity contribution in [3.63, 3.8) is 0 Å². The third-order valence-corrected chi connectivity index (χ3v) is 9.69. The number of carboxylic acids is 1. The lowest BCUT2D eigenvalue weighted by molar-refractivity contribution is -0.387. The first-order valence-corrected chi connectivity index (χ1v) is 13.4. The molecule has 0 amide bonds. The number of alkyl halides is 1. The van der Waals surface area contributed by atoms with Gasteiger partial charge >= 0.3 is 5.97 Å². The average molecular weight is 531 g/mol. The highest BCUT2D eigenvalue weighted by Gasteiger charge is 2.51. The number of halogens is 1. The molecule has 5 atom stereocenters. The molecule has 0 aromatic heterocycles. The summed E-state index contributed by atoms with van der Waals surface area (Å²) in [6.07, 6.45) is 0.729. The number of benzene rings is 4. The lowest BCUT2D eigenvalue weighted by Crippen LogP contribution is -2.32. The molecule has 1 aliphatic carbocycles. The van der Waals surface area contributed by atoms with E-state index in [1.54, 1.807) is 30.3 Å². The number of anilines is 1. The monoisotopic (exact) mass is 530 g/mol. The van der Waals surface area contributed by atoms with Crippen molar-refractivity contribution in [2.24, 2.45) is 5.92 Å². The molecular weight excluding hydrogens is 508 g/mol. The molecule has 2 N–H and O–H groups in total. The number of hydrogen-bond donors (Lipinski definition) is 2. The van der Waals surface area contributed by atoms with E-state index in [1.165, 1.54) is 17.8 Å². The predicted octanol–water partition coefficient (Wildman–Crippen LogP) is 7.48. The second kappa shape index (κ2) is 9.39. The Bertz CT molecular complexity index is 1540. The largest absolute Gasteiger partial charge is 0.478 e. The molecule has 1 aliphatic heterocycles. The number of hydrogen-bond acceptors (Lipinski definition) is 5. The number of nitro groups is 1. The standard InChI is InChI=1S/C29H23ClN2O4S/c30-26-24(37-23-14-4-3-13-22(23)32(35)36)15-21-25(26)19-11-6-12-20(29(33)34)28(19)31-27(21)18-10-5-8-16-7-1-2-9-17(16)18/h1-14,21,24-27,31H,15H2,(H,33,34). The molecule has 6 nitrogen and oxygen atoms in total. The summed E-state index contributed by atoms with van der Waals surface area (Å²) in [7, 11) is 0.